The lowest BCUT2D eigenvalue weighted by Gasteiger charge is -2.24. The molecule has 0 bridgehead atoms. The summed E-state index contributed by atoms with van der Waals surface area (Å²) in [6, 6.07) is 9.04. The van der Waals surface area contributed by atoms with Crippen molar-refractivity contribution in [1.29, 1.82) is 0 Å². The molecule has 1 atom stereocenters. The van der Waals surface area contributed by atoms with Crippen molar-refractivity contribution in [3.63, 3.8) is 0 Å². The van der Waals surface area contributed by atoms with E-state index in [-0.39, 0.29) is 5.69 Å². The molecule has 0 heterocycles. The Balaban J connectivity index is 2.24. The summed E-state index contributed by atoms with van der Waals surface area (Å²) in [5, 5.41) is 2.06. The molecular formula is C19H20ClF3N2O4S. The van der Waals surface area contributed by atoms with Gasteiger partial charge in [0.15, 0.2) is 0 Å². The molecule has 0 aromatic heterocycles. The van der Waals surface area contributed by atoms with Crippen LogP contribution >= 0.6 is 11.6 Å². The highest BCUT2D eigenvalue weighted by Gasteiger charge is 2.34. The van der Waals surface area contributed by atoms with E-state index in [1.165, 1.54) is 7.11 Å². The molecule has 1 N–H and O–H groups in total. The van der Waals surface area contributed by atoms with Gasteiger partial charge in [0.05, 0.1) is 35.7 Å². The van der Waals surface area contributed by atoms with E-state index in [0.717, 1.165) is 24.0 Å². The molecular weight excluding hydrogens is 445 g/mol. The maximum absolute atomic E-state index is 13.1. The Bertz CT molecular complexity index is 1010. The van der Waals surface area contributed by atoms with Crippen LogP contribution in [-0.2, 0) is 21.0 Å². The quantitative estimate of drug-likeness (QED) is 0.671. The topological polar surface area (TPSA) is 75.7 Å². The van der Waals surface area contributed by atoms with Gasteiger partial charge >= 0.3 is 6.18 Å². The van der Waals surface area contributed by atoms with E-state index in [0.29, 0.717) is 16.1 Å². The van der Waals surface area contributed by atoms with Gasteiger partial charge < -0.3 is 10.1 Å². The highest BCUT2D eigenvalue weighted by molar-refractivity contribution is 7.92. The Morgan fingerprint density at radius 2 is 1.80 bits per heavy atom. The van der Waals surface area contributed by atoms with Crippen LogP contribution < -0.4 is 14.4 Å². The van der Waals surface area contributed by atoms with Crippen molar-refractivity contribution < 1.29 is 31.1 Å². The van der Waals surface area contributed by atoms with Crippen molar-refractivity contribution in [3.8, 4) is 5.75 Å². The third kappa shape index (κ3) is 6.02. The number of alkyl halides is 3. The number of benzene rings is 2. The number of hydrogen-bond donors (Lipinski definition) is 1. The van der Waals surface area contributed by atoms with Crippen LogP contribution in [0.5, 0.6) is 5.75 Å². The number of nitrogens with zero attached hydrogens (tertiary/aromatic N) is 1. The van der Waals surface area contributed by atoms with Crippen molar-refractivity contribution in [2.45, 2.75) is 19.1 Å². The SMILES string of the molecule is COc1ccc(C(C)NC(=O)CN(c2ccc(Cl)c(C(F)(F)F)c2)S(C)(=O)=O)cc1. The molecule has 0 radical (unpaired) electrons. The number of carbonyl (C=O) groups is 1. The Labute approximate surface area is 177 Å². The second kappa shape index (κ2) is 9.13. The van der Waals surface area contributed by atoms with E-state index in [2.05, 4.69) is 5.32 Å². The van der Waals surface area contributed by atoms with E-state index >= 15 is 0 Å². The Morgan fingerprint density at radius 1 is 1.20 bits per heavy atom. The predicted octanol–water partition coefficient (Wildman–Crippen LogP) is 4.01. The van der Waals surface area contributed by atoms with Crippen LogP contribution in [0.2, 0.25) is 5.02 Å². The summed E-state index contributed by atoms with van der Waals surface area (Å²) in [5.41, 5.74) is -0.773. The molecule has 6 nitrogen and oxygen atoms in total. The number of rotatable bonds is 7. The third-order valence-electron chi connectivity index (χ3n) is 4.22. The van der Waals surface area contributed by atoms with Crippen LogP contribution in [0.3, 0.4) is 0 Å². The molecule has 0 aliphatic rings. The Hall–Kier alpha value is -2.46. The molecule has 0 spiro atoms. The van der Waals surface area contributed by atoms with E-state index in [4.69, 9.17) is 16.3 Å². The van der Waals surface area contributed by atoms with Gasteiger partial charge in [-0.3, -0.25) is 9.10 Å². The zero-order valence-corrected chi connectivity index (χ0v) is 17.9. The van der Waals surface area contributed by atoms with Gasteiger partial charge in [-0.25, -0.2) is 8.42 Å². The fraction of sp³-hybridized carbons (Fsp3) is 0.316. The van der Waals surface area contributed by atoms with Gasteiger partial charge in [0.2, 0.25) is 15.9 Å². The number of carbonyl (C=O) groups excluding carboxylic acids is 1. The van der Waals surface area contributed by atoms with Crippen LogP contribution in [0.1, 0.15) is 24.1 Å². The second-order valence-corrected chi connectivity index (χ2v) is 8.81. The summed E-state index contributed by atoms with van der Waals surface area (Å²) in [5.74, 6) is -0.0593. The zero-order chi connectivity index (χ0) is 22.7. The predicted molar refractivity (Wildman–Crippen MR) is 108 cm³/mol. The summed E-state index contributed by atoms with van der Waals surface area (Å²) in [4.78, 5) is 12.4. The number of nitrogens with one attached hydrogen (secondary N) is 1. The van der Waals surface area contributed by atoms with Gasteiger partial charge in [-0.05, 0) is 42.8 Å². The van der Waals surface area contributed by atoms with Crippen molar-refractivity contribution >= 4 is 33.2 Å². The number of halogens is 4. The molecule has 2 rings (SSSR count). The summed E-state index contributed by atoms with van der Waals surface area (Å²) in [6.07, 6.45) is -3.98. The smallest absolute Gasteiger partial charge is 0.417 e. The highest BCUT2D eigenvalue weighted by Crippen LogP contribution is 2.37. The van der Waals surface area contributed by atoms with E-state index < -0.39 is 45.3 Å². The van der Waals surface area contributed by atoms with E-state index in [1.807, 2.05) is 0 Å². The maximum atomic E-state index is 13.1. The number of ether oxygens (including phenoxy) is 1. The minimum Gasteiger partial charge on any atom is -0.497 e. The lowest BCUT2D eigenvalue weighted by Crippen LogP contribution is -2.41. The first-order valence-electron chi connectivity index (χ1n) is 8.60. The molecule has 2 aromatic carbocycles. The van der Waals surface area contributed by atoms with Crippen LogP contribution in [-0.4, -0.2) is 34.2 Å². The summed E-state index contributed by atoms with van der Waals surface area (Å²) < 4.78 is 69.3. The molecule has 164 valence electrons. The molecule has 0 aliphatic heterocycles. The molecule has 0 fully saturated rings. The van der Waals surface area contributed by atoms with Crippen LogP contribution in [0.15, 0.2) is 42.5 Å². The molecule has 0 saturated heterocycles. The largest absolute Gasteiger partial charge is 0.497 e. The maximum Gasteiger partial charge on any atom is 0.417 e. The molecule has 30 heavy (non-hydrogen) atoms. The number of hydrogen-bond acceptors (Lipinski definition) is 4. The summed E-state index contributed by atoms with van der Waals surface area (Å²) in [6.45, 7) is 0.993. The van der Waals surface area contributed by atoms with Crippen molar-refractivity contribution in [2.24, 2.45) is 0 Å². The van der Waals surface area contributed by atoms with Crippen LogP contribution in [0.25, 0.3) is 0 Å². The molecule has 1 amide bonds. The minimum atomic E-state index is -4.78. The van der Waals surface area contributed by atoms with Gasteiger partial charge in [0.25, 0.3) is 0 Å². The monoisotopic (exact) mass is 464 g/mol. The average molecular weight is 465 g/mol. The first-order chi connectivity index (χ1) is 13.8. The molecule has 0 aliphatic carbocycles. The van der Waals surface area contributed by atoms with E-state index in [9.17, 15) is 26.4 Å². The fourth-order valence-corrected chi connectivity index (χ4v) is 3.75. The number of methoxy groups -OCH3 is 1. The first kappa shape index (κ1) is 23.8. The zero-order valence-electron chi connectivity index (χ0n) is 16.3. The second-order valence-electron chi connectivity index (χ2n) is 6.49. The standard InChI is InChI=1S/C19H20ClF3N2O4S/c1-12(13-4-7-15(29-2)8-5-13)24-18(26)11-25(30(3,27)28)14-6-9-17(20)16(10-14)19(21,22)23/h4-10,12H,11H2,1-3H3,(H,24,26). The normalized spacial score (nSPS) is 12.9. The molecule has 2 aromatic rings. The lowest BCUT2D eigenvalue weighted by atomic mass is 10.1. The number of anilines is 1. The third-order valence-corrected chi connectivity index (χ3v) is 5.69. The Morgan fingerprint density at radius 3 is 2.30 bits per heavy atom. The average Bonchev–Trinajstić information content (AvgIpc) is 2.65. The summed E-state index contributed by atoms with van der Waals surface area (Å²) >= 11 is 5.59. The van der Waals surface area contributed by atoms with Crippen molar-refractivity contribution in [3.05, 3.63) is 58.6 Å². The van der Waals surface area contributed by atoms with Gasteiger partial charge in [0, 0.05) is 0 Å². The van der Waals surface area contributed by atoms with E-state index in [1.54, 1.807) is 31.2 Å². The number of sulfonamides is 1. The van der Waals surface area contributed by atoms with Gasteiger partial charge in [0.1, 0.15) is 12.3 Å². The molecule has 11 heteroatoms. The van der Waals surface area contributed by atoms with Gasteiger partial charge in [-0.15, -0.1) is 0 Å². The van der Waals surface area contributed by atoms with Crippen molar-refractivity contribution in [2.75, 3.05) is 24.2 Å². The Kier molecular flexibility index (Phi) is 7.25. The van der Waals surface area contributed by atoms with Crippen LogP contribution in [0, 0.1) is 0 Å². The van der Waals surface area contributed by atoms with Crippen LogP contribution in [0.4, 0.5) is 18.9 Å². The summed E-state index contributed by atoms with van der Waals surface area (Å²) in [7, 11) is -2.54. The fourth-order valence-electron chi connectivity index (χ4n) is 2.68. The highest BCUT2D eigenvalue weighted by atomic mass is 35.5. The molecule has 0 saturated carbocycles. The minimum absolute atomic E-state index is 0.318. The first-order valence-corrected chi connectivity index (χ1v) is 10.8. The molecule has 1 unspecified atom stereocenters. The number of amides is 1. The van der Waals surface area contributed by atoms with Gasteiger partial charge in [-0.2, -0.15) is 13.2 Å². The lowest BCUT2D eigenvalue weighted by molar-refractivity contribution is -0.137. The van der Waals surface area contributed by atoms with Gasteiger partial charge in [-0.1, -0.05) is 23.7 Å². The van der Waals surface area contributed by atoms with Crippen molar-refractivity contribution in [1.82, 2.24) is 5.32 Å².